The molecule has 0 aliphatic heterocycles. The number of nitrogens with one attached hydrogen (secondary N) is 2. The first-order valence-electron chi connectivity index (χ1n) is 25.4. The van der Waals surface area contributed by atoms with E-state index in [0.717, 1.165) is 53.3 Å². The molecule has 0 amide bonds. The summed E-state index contributed by atoms with van der Waals surface area (Å²) in [5.41, 5.74) is 10.7. The number of fused-ring (bicyclic) bond motifs is 4. The third-order valence-corrected chi connectivity index (χ3v) is 15.1. The molecule has 0 aliphatic carbocycles. The number of aliphatic hydroxyl groups is 1. The monoisotopic (exact) mass is 1260 g/mol. The van der Waals surface area contributed by atoms with Crippen LogP contribution < -0.4 is 16.4 Å². The maximum absolute atomic E-state index is 11.8. The summed E-state index contributed by atoms with van der Waals surface area (Å²) in [6, 6.07) is 32.4. The van der Waals surface area contributed by atoms with Crippen LogP contribution in [0.3, 0.4) is 0 Å². The highest BCUT2D eigenvalue weighted by atomic mass is 35.5. The number of sulfone groups is 3. The number of oxazole rings is 1. The van der Waals surface area contributed by atoms with Gasteiger partial charge in [-0.3, -0.25) is 35.2 Å². The number of nitrogens with two attached hydrogens (primary N) is 1. The van der Waals surface area contributed by atoms with Crippen LogP contribution in [0.15, 0.2) is 171 Å². The van der Waals surface area contributed by atoms with Gasteiger partial charge in [-0.15, -0.1) is 0 Å². The van der Waals surface area contributed by atoms with Crippen LogP contribution in [0.5, 0.6) is 11.5 Å². The lowest BCUT2D eigenvalue weighted by molar-refractivity contribution is -0.385. The maximum atomic E-state index is 11.8. The fourth-order valence-corrected chi connectivity index (χ4v) is 9.60. The fourth-order valence-electron chi connectivity index (χ4n) is 7.45. The second-order valence-electron chi connectivity index (χ2n) is 17.9. The molecule has 10 rings (SSSR count). The van der Waals surface area contributed by atoms with Gasteiger partial charge in [-0.25, -0.2) is 30.2 Å². The predicted molar refractivity (Wildman–Crippen MR) is 330 cm³/mol. The number of halogens is 1. The Balaban J connectivity index is 0.000000205. The van der Waals surface area contributed by atoms with Gasteiger partial charge in [-0.2, -0.15) is 0 Å². The van der Waals surface area contributed by atoms with Gasteiger partial charge in [0.15, 0.2) is 59.3 Å². The molecule has 4 aromatic heterocycles. The second kappa shape index (κ2) is 30.6. The average Bonchev–Trinajstić information content (AvgIpc) is 1.48. The molecule has 25 nitrogen and oxygen atoms in total. The molecule has 0 fully saturated rings. The lowest BCUT2D eigenvalue weighted by Crippen LogP contribution is -2.11. The topological polar surface area (TPSA) is 383 Å². The quantitative estimate of drug-likeness (QED) is 0.0205. The first kappa shape index (κ1) is 67.6. The summed E-state index contributed by atoms with van der Waals surface area (Å²) in [5, 5.41) is 55.8. The Bertz CT molecular complexity index is 4360. The van der Waals surface area contributed by atoms with E-state index in [9.17, 15) is 50.6 Å². The number of aliphatic hydroxyl groups excluding tert-OH is 1. The van der Waals surface area contributed by atoms with Crippen molar-refractivity contribution in [2.75, 3.05) is 55.0 Å². The molecule has 6 aromatic carbocycles. The minimum Gasteiger partial charge on any atom is -0.502 e. The third kappa shape index (κ3) is 19.5. The van der Waals surface area contributed by atoms with Gasteiger partial charge < -0.3 is 45.6 Å². The van der Waals surface area contributed by atoms with E-state index in [2.05, 4.69) is 30.6 Å². The molecule has 0 unspecified atom stereocenters. The van der Waals surface area contributed by atoms with Crippen molar-refractivity contribution in [3.8, 4) is 11.5 Å². The summed E-state index contributed by atoms with van der Waals surface area (Å²) in [5.74, 6) is -0.807. The third-order valence-electron chi connectivity index (χ3n) is 11.4. The number of phenolic OH excluding ortho intramolecular Hbond substituents is 2. The summed E-state index contributed by atoms with van der Waals surface area (Å²) in [4.78, 5) is 37.1. The van der Waals surface area contributed by atoms with Crippen LogP contribution in [0.25, 0.3) is 43.8 Å². The van der Waals surface area contributed by atoms with E-state index in [1.165, 1.54) is 67.4 Å². The molecule has 86 heavy (non-hydrogen) atoms. The summed E-state index contributed by atoms with van der Waals surface area (Å²) >= 11 is 5.94. The van der Waals surface area contributed by atoms with Crippen molar-refractivity contribution in [2.45, 2.75) is 48.7 Å². The molecule has 7 N–H and O–H groups in total. The van der Waals surface area contributed by atoms with Gasteiger partial charge in [0.2, 0.25) is 0 Å². The fraction of sp³-hybridized carbons (Fsp3) is 0.193. The van der Waals surface area contributed by atoms with Crippen LogP contribution in [0.2, 0.25) is 5.02 Å². The van der Waals surface area contributed by atoms with E-state index in [4.69, 9.17) is 41.4 Å². The molecule has 0 radical (unpaired) electrons. The zero-order chi connectivity index (χ0) is 63.5. The van der Waals surface area contributed by atoms with Crippen LogP contribution in [0, 0.1) is 20.2 Å². The number of nitrogen functional groups attached to an aromatic ring is 1. The first-order valence-corrected chi connectivity index (χ1v) is 31.5. The van der Waals surface area contributed by atoms with E-state index in [-0.39, 0.29) is 44.7 Å². The van der Waals surface area contributed by atoms with Crippen LogP contribution in [0.1, 0.15) is 27.7 Å². The summed E-state index contributed by atoms with van der Waals surface area (Å²) in [7, 11) is -9.87. The Morgan fingerprint density at radius 2 is 0.977 bits per heavy atom. The normalized spacial score (nSPS) is 11.1. The number of hydrogen-bond acceptors (Lipinski definition) is 23. The van der Waals surface area contributed by atoms with Crippen molar-refractivity contribution in [1.29, 1.82) is 0 Å². The molecule has 0 aliphatic rings. The Kier molecular flexibility index (Phi) is 24.1. The molecule has 10 aromatic rings. The van der Waals surface area contributed by atoms with Crippen LogP contribution >= 0.6 is 11.6 Å². The number of anilines is 5. The Hall–Kier alpha value is -9.16. The molecule has 0 spiro atoms. The van der Waals surface area contributed by atoms with Gasteiger partial charge >= 0.3 is 11.4 Å². The number of hydrogen-bond donors (Lipinski definition) is 6. The molecule has 0 bridgehead atoms. The molecule has 29 heteroatoms. The van der Waals surface area contributed by atoms with E-state index >= 15 is 0 Å². The van der Waals surface area contributed by atoms with E-state index in [1.54, 1.807) is 80.1 Å². The summed E-state index contributed by atoms with van der Waals surface area (Å²) in [6.07, 6.45) is 9.64. The second-order valence-corrected chi connectivity index (χ2v) is 24.4. The standard InChI is InChI=1S/C17H13N3O3S.C16H13N3O5S.C10H8ClNO2S.C6H6N2O3.C6H14O2.C2H6O/c1-24(21,22)12-3-4-14-13(9-12)15(6-7-18-14)20-11-2-5-17-16(8-11)19-10-23-17;1-25(23,24)11-3-4-13-12(9-11)14(6-7-17-13)18-10-2-5-16(20)15(8-10)19(21)22;1-15(13,14)7-2-3-10-8(6-7)9(11)4-5-12-10;7-4-1-2-6(9)5(3-4)8(10)11;1-4-7-6(3)8-5-2;1-2-3/h2-10H,1H3,(H,18,20);2-9,20H,1H3,(H,17,18);2-6H,1H3;1-3,9H,7H2;6H,4-5H2,1-3H3;3H,2H2,1H3. The minimum absolute atomic E-state index is 0.0370. The highest BCUT2D eigenvalue weighted by Crippen LogP contribution is 2.34. The number of benzene rings is 6. The SMILES string of the molecule is CCO.CCOC(C)OCC.CS(=O)(=O)c1ccc2nccc(Cl)c2c1.CS(=O)(=O)c1ccc2nccc(Nc3ccc(O)c([N+](=O)[O-])c3)c2c1.CS(=O)(=O)c1ccc2nccc(Nc3ccc4ocnc4c3)c2c1.Nc1ccc(O)c([N+](=O)[O-])c1. The van der Waals surface area contributed by atoms with Crippen molar-refractivity contribution in [3.05, 3.63) is 178 Å². The van der Waals surface area contributed by atoms with Crippen LogP contribution in [-0.4, -0.2) is 115 Å². The Morgan fingerprint density at radius 1 is 0.570 bits per heavy atom. The Labute approximate surface area is 499 Å². The number of pyridine rings is 3. The largest absolute Gasteiger partial charge is 0.502 e. The maximum Gasteiger partial charge on any atom is 0.312 e. The molecule has 0 saturated carbocycles. The molecule has 0 saturated heterocycles. The minimum atomic E-state index is -3.39. The Morgan fingerprint density at radius 3 is 1.42 bits per heavy atom. The first-order chi connectivity index (χ1) is 40.6. The average molecular weight is 1260 g/mol. The molecular weight excluding hydrogens is 1200 g/mol. The van der Waals surface area contributed by atoms with Crippen LogP contribution in [-0.2, 0) is 39.0 Å². The zero-order valence-corrected chi connectivity index (χ0v) is 50.4. The van der Waals surface area contributed by atoms with Gasteiger partial charge in [0.1, 0.15) is 5.52 Å². The van der Waals surface area contributed by atoms with Crippen molar-refractivity contribution in [1.82, 2.24) is 19.9 Å². The van der Waals surface area contributed by atoms with Crippen molar-refractivity contribution in [3.63, 3.8) is 0 Å². The number of nitro groups is 2. The van der Waals surface area contributed by atoms with Gasteiger partial charge in [0.05, 0.1) is 46.1 Å². The van der Waals surface area contributed by atoms with E-state index in [0.29, 0.717) is 43.8 Å². The number of rotatable bonds is 13. The number of nitrogens with zero attached hydrogens (tertiary/aromatic N) is 6. The van der Waals surface area contributed by atoms with Crippen molar-refractivity contribution < 1.29 is 64.3 Å². The number of phenols is 2. The molecular formula is C57H60ClN9O16S3. The zero-order valence-electron chi connectivity index (χ0n) is 47.1. The summed E-state index contributed by atoms with van der Waals surface area (Å²) < 4.78 is 85.1. The van der Waals surface area contributed by atoms with Gasteiger partial charge in [0, 0.05) is 114 Å². The number of nitro benzene ring substituents is 2. The lowest BCUT2D eigenvalue weighted by Gasteiger charge is -2.10. The van der Waals surface area contributed by atoms with Gasteiger partial charge in [-0.05, 0) is 143 Å². The van der Waals surface area contributed by atoms with Gasteiger partial charge in [0.25, 0.3) is 0 Å². The van der Waals surface area contributed by atoms with Crippen molar-refractivity contribution in [2.24, 2.45) is 0 Å². The van der Waals surface area contributed by atoms with Crippen molar-refractivity contribution >= 4 is 125 Å². The summed E-state index contributed by atoms with van der Waals surface area (Å²) in [6.45, 7) is 9.18. The van der Waals surface area contributed by atoms with E-state index < -0.39 is 50.8 Å². The molecule has 4 heterocycles. The number of aromatic nitrogens is 4. The number of aromatic hydroxyl groups is 2. The van der Waals surface area contributed by atoms with E-state index in [1.807, 2.05) is 39.0 Å². The molecule has 454 valence electrons. The highest BCUT2D eigenvalue weighted by molar-refractivity contribution is 7.91. The smallest absolute Gasteiger partial charge is 0.312 e. The van der Waals surface area contributed by atoms with Gasteiger partial charge in [-0.1, -0.05) is 11.6 Å². The number of ether oxygens (including phenoxy) is 2. The van der Waals surface area contributed by atoms with Crippen LogP contribution in [0.4, 0.5) is 39.8 Å². The highest BCUT2D eigenvalue weighted by Gasteiger charge is 2.17. The lowest BCUT2D eigenvalue weighted by atomic mass is 10.1. The predicted octanol–water partition coefficient (Wildman–Crippen LogP) is 11.1. The molecule has 0 atom stereocenters.